The molecule has 19 heavy (non-hydrogen) atoms. The Morgan fingerprint density at radius 1 is 0.947 bits per heavy atom. The number of hydrogen-bond donors (Lipinski definition) is 1. The van der Waals surface area contributed by atoms with Gasteiger partial charge in [-0.2, -0.15) is 0 Å². The van der Waals surface area contributed by atoms with Crippen molar-refractivity contribution in [1.82, 2.24) is 0 Å². The summed E-state index contributed by atoms with van der Waals surface area (Å²) in [7, 11) is 0. The summed E-state index contributed by atoms with van der Waals surface area (Å²) in [4.78, 5) is 0. The topological polar surface area (TPSA) is 38.7 Å². The molecule has 0 bridgehead atoms. The number of phenolic OH excluding ortho intramolecular Hbond substituents is 1. The fourth-order valence-electron chi connectivity index (χ4n) is 1.54. The zero-order chi connectivity index (χ0) is 14.8. The Labute approximate surface area is 115 Å². The third-order valence-electron chi connectivity index (χ3n) is 2.13. The lowest BCUT2D eigenvalue weighted by atomic mass is 10.1. The quantitative estimate of drug-likeness (QED) is 0.880. The second kappa shape index (κ2) is 5.16. The van der Waals surface area contributed by atoms with E-state index in [4.69, 9.17) is 9.47 Å². The Balaban J connectivity index is 3.25. The van der Waals surface area contributed by atoms with Gasteiger partial charge in [-0.05, 0) is 59.2 Å². The molecule has 3 nitrogen and oxygen atoms in total. The summed E-state index contributed by atoms with van der Waals surface area (Å²) < 4.78 is 11.5. The molecule has 0 atom stereocenters. The van der Waals surface area contributed by atoms with Crippen LogP contribution in [0.2, 0.25) is 0 Å². The van der Waals surface area contributed by atoms with Crippen molar-refractivity contribution in [2.24, 2.45) is 0 Å². The van der Waals surface area contributed by atoms with E-state index in [1.807, 2.05) is 41.5 Å². The van der Waals surface area contributed by atoms with Gasteiger partial charge in [0, 0.05) is 0 Å². The minimum absolute atomic E-state index is 0.0236. The van der Waals surface area contributed by atoms with Gasteiger partial charge in [-0.15, -0.1) is 0 Å². The van der Waals surface area contributed by atoms with Gasteiger partial charge < -0.3 is 14.6 Å². The van der Waals surface area contributed by atoms with Crippen molar-refractivity contribution in [2.75, 3.05) is 0 Å². The van der Waals surface area contributed by atoms with Crippen molar-refractivity contribution in [3.8, 4) is 17.2 Å². The number of hydrogen-bond acceptors (Lipinski definition) is 3. The molecule has 0 aliphatic carbocycles. The Morgan fingerprint density at radius 3 is 1.58 bits per heavy atom. The van der Waals surface area contributed by atoms with Crippen LogP contribution in [-0.2, 0) is 0 Å². The Kier molecular flexibility index (Phi) is 4.18. The molecule has 1 rings (SSSR count). The summed E-state index contributed by atoms with van der Waals surface area (Å²) in [6, 6.07) is 3.51. The first-order valence-corrected chi connectivity index (χ1v) is 6.39. The molecule has 1 N–H and O–H groups in total. The molecule has 0 aliphatic heterocycles. The minimum atomic E-state index is -0.393. The maximum absolute atomic E-state index is 10.3. The maximum atomic E-state index is 10.3. The highest BCUT2D eigenvalue weighted by molar-refractivity contribution is 5.60. The van der Waals surface area contributed by atoms with E-state index in [-0.39, 0.29) is 5.75 Å². The first-order valence-electron chi connectivity index (χ1n) is 6.39. The van der Waals surface area contributed by atoms with Crippen LogP contribution in [0.15, 0.2) is 18.7 Å². The molecule has 0 saturated carbocycles. The second-order valence-corrected chi connectivity index (χ2v) is 6.50. The fourth-order valence-corrected chi connectivity index (χ4v) is 1.54. The van der Waals surface area contributed by atoms with E-state index >= 15 is 0 Å². The highest BCUT2D eigenvalue weighted by atomic mass is 16.5. The number of rotatable bonds is 3. The minimum Gasteiger partial charge on any atom is -0.502 e. The van der Waals surface area contributed by atoms with Gasteiger partial charge in [0.2, 0.25) is 5.75 Å². The molecule has 0 radical (unpaired) electrons. The molecule has 0 unspecified atom stereocenters. The number of phenols is 1. The van der Waals surface area contributed by atoms with Gasteiger partial charge >= 0.3 is 0 Å². The average Bonchev–Trinajstić information content (AvgIpc) is 2.19. The number of ether oxygens (including phenoxy) is 2. The van der Waals surface area contributed by atoms with E-state index in [0.717, 1.165) is 5.56 Å². The summed E-state index contributed by atoms with van der Waals surface area (Å²) >= 11 is 0. The van der Waals surface area contributed by atoms with Crippen molar-refractivity contribution >= 4 is 6.08 Å². The first-order chi connectivity index (χ1) is 8.52. The highest BCUT2D eigenvalue weighted by Crippen LogP contribution is 2.40. The van der Waals surface area contributed by atoms with Crippen molar-refractivity contribution in [1.29, 1.82) is 0 Å². The van der Waals surface area contributed by atoms with Crippen molar-refractivity contribution in [3.63, 3.8) is 0 Å². The van der Waals surface area contributed by atoms with Crippen LogP contribution in [0.25, 0.3) is 6.08 Å². The lowest BCUT2D eigenvalue weighted by Crippen LogP contribution is -2.24. The van der Waals surface area contributed by atoms with Crippen molar-refractivity contribution < 1.29 is 14.6 Å². The maximum Gasteiger partial charge on any atom is 0.200 e. The van der Waals surface area contributed by atoms with Gasteiger partial charge in [0.1, 0.15) is 11.2 Å². The third-order valence-corrected chi connectivity index (χ3v) is 2.13. The molecule has 3 heteroatoms. The van der Waals surface area contributed by atoms with Crippen LogP contribution in [0.3, 0.4) is 0 Å². The van der Waals surface area contributed by atoms with Crippen LogP contribution < -0.4 is 9.47 Å². The normalized spacial score (nSPS) is 12.1. The number of aromatic hydroxyl groups is 1. The van der Waals surface area contributed by atoms with Crippen LogP contribution >= 0.6 is 0 Å². The summed E-state index contributed by atoms with van der Waals surface area (Å²) in [6.07, 6.45) is 1.70. The standard InChI is InChI=1S/C16H24O3/c1-8-11-9-12(18-15(2,3)4)14(17)13(10-11)19-16(5,6)7/h8-10,17H,1H2,2-7H3. The molecule has 0 aromatic heterocycles. The molecule has 0 fully saturated rings. The van der Waals surface area contributed by atoms with Gasteiger partial charge in [-0.1, -0.05) is 12.7 Å². The molecule has 0 heterocycles. The van der Waals surface area contributed by atoms with Crippen LogP contribution in [-0.4, -0.2) is 16.3 Å². The van der Waals surface area contributed by atoms with Crippen molar-refractivity contribution in [3.05, 3.63) is 24.3 Å². The van der Waals surface area contributed by atoms with Crippen LogP contribution in [0, 0.1) is 0 Å². The third kappa shape index (κ3) is 4.86. The van der Waals surface area contributed by atoms with E-state index in [1.165, 1.54) is 0 Å². The lowest BCUT2D eigenvalue weighted by molar-refractivity contribution is 0.112. The Bertz CT molecular complexity index is 425. The first kappa shape index (κ1) is 15.4. The lowest BCUT2D eigenvalue weighted by Gasteiger charge is -2.26. The van der Waals surface area contributed by atoms with Gasteiger partial charge in [0.25, 0.3) is 0 Å². The van der Waals surface area contributed by atoms with Crippen molar-refractivity contribution in [2.45, 2.75) is 52.7 Å². The Hall–Kier alpha value is -1.64. The van der Waals surface area contributed by atoms with Gasteiger partial charge in [-0.25, -0.2) is 0 Å². The van der Waals surface area contributed by atoms with E-state index in [0.29, 0.717) is 11.5 Å². The average molecular weight is 264 g/mol. The van der Waals surface area contributed by atoms with Gasteiger partial charge in [0.15, 0.2) is 11.5 Å². The van der Waals surface area contributed by atoms with E-state index < -0.39 is 11.2 Å². The van der Waals surface area contributed by atoms with Gasteiger partial charge in [0.05, 0.1) is 0 Å². The van der Waals surface area contributed by atoms with E-state index in [9.17, 15) is 5.11 Å². The SMILES string of the molecule is C=Cc1cc(OC(C)(C)C)c(O)c(OC(C)(C)C)c1. The predicted octanol–water partition coefficient (Wildman–Crippen LogP) is 4.39. The molecule has 0 spiro atoms. The highest BCUT2D eigenvalue weighted by Gasteiger charge is 2.21. The predicted molar refractivity (Wildman–Crippen MR) is 79.0 cm³/mol. The Morgan fingerprint density at radius 2 is 1.32 bits per heavy atom. The largest absolute Gasteiger partial charge is 0.502 e. The molecule has 1 aromatic carbocycles. The van der Waals surface area contributed by atoms with E-state index in [1.54, 1.807) is 18.2 Å². The van der Waals surface area contributed by atoms with Crippen LogP contribution in [0.1, 0.15) is 47.1 Å². The summed E-state index contributed by atoms with van der Waals surface area (Å²) in [6.45, 7) is 15.3. The van der Waals surface area contributed by atoms with E-state index in [2.05, 4.69) is 6.58 Å². The molecular formula is C16H24O3. The molecular weight excluding hydrogens is 240 g/mol. The van der Waals surface area contributed by atoms with Crippen LogP contribution in [0.4, 0.5) is 0 Å². The zero-order valence-electron chi connectivity index (χ0n) is 12.7. The summed E-state index contributed by atoms with van der Waals surface area (Å²) in [5, 5.41) is 10.3. The second-order valence-electron chi connectivity index (χ2n) is 6.50. The summed E-state index contributed by atoms with van der Waals surface area (Å²) in [5.74, 6) is 0.837. The molecule has 106 valence electrons. The summed E-state index contributed by atoms with van der Waals surface area (Å²) in [5.41, 5.74) is 0.0586. The smallest absolute Gasteiger partial charge is 0.200 e. The monoisotopic (exact) mass is 264 g/mol. The fraction of sp³-hybridized carbons (Fsp3) is 0.500. The van der Waals surface area contributed by atoms with Crippen LogP contribution in [0.5, 0.6) is 17.2 Å². The molecule has 1 aromatic rings. The molecule has 0 amide bonds. The molecule has 0 saturated heterocycles. The number of benzene rings is 1. The zero-order valence-corrected chi connectivity index (χ0v) is 12.7. The molecule has 0 aliphatic rings. The van der Waals surface area contributed by atoms with Gasteiger partial charge in [-0.3, -0.25) is 0 Å².